The molecular weight excluding hydrogens is 472 g/mol. The van der Waals surface area contributed by atoms with Crippen LogP contribution in [0.2, 0.25) is 0 Å². The number of rotatable bonds is 4. The number of Topliss-reactive ketones (excluding diaryl/α,β-unsaturated/α-hetero) is 1. The number of hydrogen-bond acceptors (Lipinski definition) is 8. The molecule has 9 nitrogen and oxygen atoms in total. The Hall–Kier alpha value is -4.40. The summed E-state index contributed by atoms with van der Waals surface area (Å²) >= 11 is 0. The smallest absolute Gasteiger partial charge is 0.228 e. The van der Waals surface area contributed by atoms with E-state index in [1.165, 1.54) is 6.33 Å². The number of aromatic hydroxyl groups is 1. The highest BCUT2D eigenvalue weighted by molar-refractivity contribution is 6.00. The Morgan fingerprint density at radius 2 is 1.86 bits per heavy atom. The summed E-state index contributed by atoms with van der Waals surface area (Å²) in [6.45, 7) is 4.12. The van der Waals surface area contributed by atoms with Crippen LogP contribution in [0.1, 0.15) is 43.7 Å². The molecule has 2 aromatic heterocycles. The first-order valence-corrected chi connectivity index (χ1v) is 12.0. The first kappa shape index (κ1) is 23.0. The maximum absolute atomic E-state index is 13.6. The normalized spacial score (nSPS) is 18.3. The molecule has 0 saturated heterocycles. The van der Waals surface area contributed by atoms with Crippen molar-refractivity contribution in [1.29, 1.82) is 0 Å². The van der Waals surface area contributed by atoms with E-state index < -0.39 is 5.92 Å². The van der Waals surface area contributed by atoms with E-state index in [2.05, 4.69) is 23.9 Å². The molecule has 1 aliphatic heterocycles. The van der Waals surface area contributed by atoms with Gasteiger partial charge in [-0.05, 0) is 35.2 Å². The molecule has 0 radical (unpaired) electrons. The summed E-state index contributed by atoms with van der Waals surface area (Å²) in [6, 6.07) is 12.5. The summed E-state index contributed by atoms with van der Waals surface area (Å²) in [5.74, 6) is 2.09. The molecular formula is C28H26N4O5. The molecule has 188 valence electrons. The number of carbonyl (C=O) groups excluding carboxylic acids is 1. The number of carbonyl (C=O) groups is 1. The van der Waals surface area contributed by atoms with Gasteiger partial charge in [-0.1, -0.05) is 32.0 Å². The molecule has 0 unspecified atom stereocenters. The van der Waals surface area contributed by atoms with Gasteiger partial charge in [0.15, 0.2) is 28.8 Å². The van der Waals surface area contributed by atoms with Crippen molar-refractivity contribution in [2.45, 2.75) is 32.6 Å². The lowest BCUT2D eigenvalue weighted by molar-refractivity contribution is -0.118. The number of benzene rings is 2. The molecule has 2 aromatic carbocycles. The Bertz CT molecular complexity index is 1600. The number of phenols is 1. The number of phenolic OH excluding ortho intramolecular Hbond substituents is 1. The van der Waals surface area contributed by atoms with Crippen molar-refractivity contribution >= 4 is 11.4 Å². The van der Waals surface area contributed by atoms with E-state index in [9.17, 15) is 9.90 Å². The Balaban J connectivity index is 1.62. The zero-order chi connectivity index (χ0) is 25.9. The van der Waals surface area contributed by atoms with Gasteiger partial charge < -0.3 is 19.3 Å². The number of fused-ring (bicyclic) bond motifs is 3. The van der Waals surface area contributed by atoms with Crippen LogP contribution in [0.25, 0.3) is 17.0 Å². The van der Waals surface area contributed by atoms with Crippen LogP contribution in [0.15, 0.2) is 60.1 Å². The standard InChI is InChI=1S/C28H26N4O5/c1-28(2)12-18(34)23-21(13-28)37-27-24(22(23)15-9-10-19(35-3)20(11-15)36-4)26-30-25(31-32(26)14-29-27)16-7-5-6-8-17(16)33/h5-11,14,22,33H,12-13H2,1-4H3/t22-/m0/s1. The second-order valence-corrected chi connectivity index (χ2v) is 10.1. The van der Waals surface area contributed by atoms with Gasteiger partial charge in [0, 0.05) is 18.4 Å². The maximum Gasteiger partial charge on any atom is 0.228 e. The number of ether oxygens (including phenoxy) is 3. The molecule has 0 bridgehead atoms. The number of methoxy groups -OCH3 is 2. The second-order valence-electron chi connectivity index (χ2n) is 10.1. The Morgan fingerprint density at radius 1 is 1.08 bits per heavy atom. The van der Waals surface area contributed by atoms with Crippen molar-refractivity contribution in [2.75, 3.05) is 14.2 Å². The van der Waals surface area contributed by atoms with Crippen LogP contribution in [0.4, 0.5) is 0 Å². The SMILES string of the molecule is COc1ccc([C@H]2C3=C(CC(C)(C)CC3=O)Oc3ncn4nc(-c5ccccc5O)nc4c32)cc1OC. The van der Waals surface area contributed by atoms with E-state index in [-0.39, 0.29) is 16.9 Å². The largest absolute Gasteiger partial charge is 0.507 e. The van der Waals surface area contributed by atoms with E-state index in [0.29, 0.717) is 64.2 Å². The van der Waals surface area contributed by atoms with E-state index in [1.807, 2.05) is 24.3 Å². The van der Waals surface area contributed by atoms with Gasteiger partial charge in [-0.15, -0.1) is 5.10 Å². The highest BCUT2D eigenvalue weighted by atomic mass is 16.5. The van der Waals surface area contributed by atoms with Crippen LogP contribution in [-0.2, 0) is 4.79 Å². The van der Waals surface area contributed by atoms with E-state index in [0.717, 1.165) is 5.56 Å². The quantitative estimate of drug-likeness (QED) is 0.432. The first-order valence-electron chi connectivity index (χ1n) is 12.0. The number of para-hydroxylation sites is 1. The summed E-state index contributed by atoms with van der Waals surface area (Å²) in [4.78, 5) is 23.0. The lowest BCUT2D eigenvalue weighted by Gasteiger charge is -2.37. The van der Waals surface area contributed by atoms with Crippen LogP contribution >= 0.6 is 0 Å². The number of aromatic nitrogens is 4. The average Bonchev–Trinajstić information content (AvgIpc) is 3.31. The summed E-state index contributed by atoms with van der Waals surface area (Å²) in [5.41, 5.74) is 2.82. The van der Waals surface area contributed by atoms with Crippen LogP contribution in [0.3, 0.4) is 0 Å². The molecule has 1 aliphatic carbocycles. The number of hydrogen-bond donors (Lipinski definition) is 1. The highest BCUT2D eigenvalue weighted by Gasteiger charge is 2.44. The lowest BCUT2D eigenvalue weighted by Crippen LogP contribution is -2.33. The molecule has 1 N–H and O–H groups in total. The Kier molecular flexibility index (Phi) is 5.18. The van der Waals surface area contributed by atoms with Gasteiger partial charge in [0.2, 0.25) is 5.88 Å². The van der Waals surface area contributed by atoms with Gasteiger partial charge in [0.25, 0.3) is 0 Å². The summed E-state index contributed by atoms with van der Waals surface area (Å²) < 4.78 is 18.9. The second kappa shape index (κ2) is 8.33. The number of ketones is 1. The average molecular weight is 499 g/mol. The maximum atomic E-state index is 13.6. The van der Waals surface area contributed by atoms with Gasteiger partial charge in [0.05, 0.1) is 31.3 Å². The third-order valence-electron chi connectivity index (χ3n) is 6.95. The highest BCUT2D eigenvalue weighted by Crippen LogP contribution is 2.51. The van der Waals surface area contributed by atoms with Gasteiger partial charge in [-0.25, -0.2) is 14.5 Å². The minimum absolute atomic E-state index is 0.0270. The van der Waals surface area contributed by atoms with Gasteiger partial charge in [-0.2, -0.15) is 0 Å². The van der Waals surface area contributed by atoms with Crippen LogP contribution in [0, 0.1) is 5.41 Å². The zero-order valence-corrected chi connectivity index (χ0v) is 21.0. The van der Waals surface area contributed by atoms with Crippen molar-refractivity contribution in [3.05, 3.63) is 71.3 Å². The summed E-state index contributed by atoms with van der Waals surface area (Å²) in [6.07, 6.45) is 2.55. The molecule has 1 atom stereocenters. The number of nitrogens with zero attached hydrogens (tertiary/aromatic N) is 4. The van der Waals surface area contributed by atoms with Crippen LogP contribution < -0.4 is 14.2 Å². The van der Waals surface area contributed by atoms with Gasteiger partial charge in [0.1, 0.15) is 17.8 Å². The monoisotopic (exact) mass is 498 g/mol. The van der Waals surface area contributed by atoms with Crippen molar-refractivity contribution in [3.8, 4) is 34.5 Å². The fraction of sp³-hybridized carbons (Fsp3) is 0.286. The van der Waals surface area contributed by atoms with E-state index in [4.69, 9.17) is 19.2 Å². The summed E-state index contributed by atoms with van der Waals surface area (Å²) in [5, 5.41) is 15.0. The third-order valence-corrected chi connectivity index (χ3v) is 6.95. The van der Waals surface area contributed by atoms with Crippen molar-refractivity contribution < 1.29 is 24.1 Å². The molecule has 37 heavy (non-hydrogen) atoms. The lowest BCUT2D eigenvalue weighted by atomic mass is 9.70. The van der Waals surface area contributed by atoms with Crippen LogP contribution in [0.5, 0.6) is 23.1 Å². The van der Waals surface area contributed by atoms with Gasteiger partial charge in [-0.3, -0.25) is 4.79 Å². The molecule has 0 saturated carbocycles. The molecule has 0 spiro atoms. The number of allylic oxidation sites excluding steroid dienone is 2. The fourth-order valence-corrected chi connectivity index (χ4v) is 5.29. The third kappa shape index (κ3) is 3.69. The summed E-state index contributed by atoms with van der Waals surface area (Å²) in [7, 11) is 3.16. The molecule has 0 amide bonds. The molecule has 9 heteroatoms. The molecule has 2 aliphatic rings. The minimum Gasteiger partial charge on any atom is -0.507 e. The zero-order valence-electron chi connectivity index (χ0n) is 21.0. The molecule has 3 heterocycles. The molecule has 4 aromatic rings. The topological polar surface area (TPSA) is 108 Å². The Labute approximate surface area is 213 Å². The fourth-order valence-electron chi connectivity index (χ4n) is 5.29. The molecule has 6 rings (SSSR count). The van der Waals surface area contributed by atoms with Crippen LogP contribution in [-0.4, -0.2) is 44.7 Å². The van der Waals surface area contributed by atoms with E-state index in [1.54, 1.807) is 36.9 Å². The molecule has 0 fully saturated rings. The minimum atomic E-state index is -0.500. The first-order chi connectivity index (χ1) is 17.8. The predicted octanol–water partition coefficient (Wildman–Crippen LogP) is 4.68. The predicted molar refractivity (Wildman–Crippen MR) is 135 cm³/mol. The van der Waals surface area contributed by atoms with Gasteiger partial charge >= 0.3 is 0 Å². The van der Waals surface area contributed by atoms with Crippen molar-refractivity contribution in [1.82, 2.24) is 19.6 Å². The van der Waals surface area contributed by atoms with E-state index >= 15 is 0 Å². The Morgan fingerprint density at radius 3 is 2.62 bits per heavy atom. The van der Waals surface area contributed by atoms with Crippen molar-refractivity contribution in [2.24, 2.45) is 5.41 Å². The van der Waals surface area contributed by atoms with Crippen molar-refractivity contribution in [3.63, 3.8) is 0 Å².